The Hall–Kier alpha value is -1.33. The molecule has 0 aliphatic heterocycles. The molecule has 0 spiro atoms. The fourth-order valence-corrected chi connectivity index (χ4v) is 1.12. The first-order valence-corrected chi connectivity index (χ1v) is 3.70. The van der Waals surface area contributed by atoms with Crippen LogP contribution >= 0.6 is 0 Å². The first-order chi connectivity index (χ1) is 5.73. The van der Waals surface area contributed by atoms with E-state index in [9.17, 15) is 9.90 Å². The molecular formula is C10H10O2. The van der Waals surface area contributed by atoms with Crippen LogP contribution in [0.25, 0.3) is 0 Å². The Bertz CT molecular complexity index is 291. The van der Waals surface area contributed by atoms with E-state index in [1.54, 1.807) is 25.2 Å². The minimum Gasteiger partial charge on any atom is -0.373 e. The Kier molecular flexibility index (Phi) is 2.47. The summed E-state index contributed by atoms with van der Waals surface area (Å²) in [7, 11) is 0. The lowest BCUT2D eigenvalue weighted by Crippen LogP contribution is -2.35. The summed E-state index contributed by atoms with van der Waals surface area (Å²) in [5.74, 6) is 4.65. The van der Waals surface area contributed by atoms with Crippen molar-refractivity contribution in [3.8, 4) is 11.8 Å². The Morgan fingerprint density at radius 3 is 2.92 bits per heavy atom. The van der Waals surface area contributed by atoms with Gasteiger partial charge in [0, 0.05) is 0 Å². The van der Waals surface area contributed by atoms with Gasteiger partial charge in [-0.2, -0.15) is 0 Å². The Balaban J connectivity index is 2.99. The van der Waals surface area contributed by atoms with E-state index in [0.29, 0.717) is 6.29 Å². The second-order valence-corrected chi connectivity index (χ2v) is 2.61. The lowest BCUT2D eigenvalue weighted by molar-refractivity contribution is -0.113. The number of allylic oxidation sites excluding steroid dienone is 2. The van der Waals surface area contributed by atoms with Crippen LogP contribution in [0, 0.1) is 17.8 Å². The standard InChI is InChI=1S/C10H10O2/c1-2-6-10(12)7-4-3-5-9(10)8-11/h3-5,7-9,12H,1H3/t9-,10-/m0/s1. The summed E-state index contributed by atoms with van der Waals surface area (Å²) in [4.78, 5) is 10.5. The second kappa shape index (κ2) is 3.38. The van der Waals surface area contributed by atoms with E-state index < -0.39 is 11.5 Å². The lowest BCUT2D eigenvalue weighted by atomic mass is 9.85. The van der Waals surface area contributed by atoms with Crippen molar-refractivity contribution in [1.82, 2.24) is 0 Å². The van der Waals surface area contributed by atoms with Gasteiger partial charge in [-0.1, -0.05) is 24.1 Å². The molecule has 0 aromatic carbocycles. The van der Waals surface area contributed by atoms with Crippen LogP contribution in [0.5, 0.6) is 0 Å². The van der Waals surface area contributed by atoms with Crippen LogP contribution in [0.15, 0.2) is 24.3 Å². The van der Waals surface area contributed by atoms with Crippen LogP contribution < -0.4 is 0 Å². The van der Waals surface area contributed by atoms with Crippen molar-refractivity contribution < 1.29 is 9.90 Å². The van der Waals surface area contributed by atoms with Crippen LogP contribution in [-0.2, 0) is 4.79 Å². The minimum absolute atomic E-state index is 0.546. The number of rotatable bonds is 1. The van der Waals surface area contributed by atoms with E-state index >= 15 is 0 Å². The minimum atomic E-state index is -1.30. The van der Waals surface area contributed by atoms with Gasteiger partial charge in [0.2, 0.25) is 0 Å². The van der Waals surface area contributed by atoms with Crippen LogP contribution in [0.4, 0.5) is 0 Å². The first kappa shape index (κ1) is 8.76. The molecule has 0 bridgehead atoms. The Morgan fingerprint density at radius 1 is 1.58 bits per heavy atom. The zero-order valence-electron chi connectivity index (χ0n) is 6.82. The smallest absolute Gasteiger partial charge is 0.157 e. The van der Waals surface area contributed by atoms with E-state index in [1.165, 1.54) is 6.08 Å². The number of hydrogen-bond donors (Lipinski definition) is 1. The predicted octanol–water partition coefficient (Wildman–Crippen LogP) is 0.682. The van der Waals surface area contributed by atoms with Crippen LogP contribution in [0.3, 0.4) is 0 Å². The molecule has 0 heterocycles. The van der Waals surface area contributed by atoms with Crippen molar-refractivity contribution in [3.05, 3.63) is 24.3 Å². The normalized spacial score (nSPS) is 32.3. The highest BCUT2D eigenvalue weighted by Gasteiger charge is 2.31. The molecule has 2 nitrogen and oxygen atoms in total. The van der Waals surface area contributed by atoms with Gasteiger partial charge in [-0.3, -0.25) is 0 Å². The molecule has 0 radical (unpaired) electrons. The average molecular weight is 162 g/mol. The van der Waals surface area contributed by atoms with E-state index in [-0.39, 0.29) is 0 Å². The molecule has 0 fully saturated rings. The summed E-state index contributed by atoms with van der Waals surface area (Å²) >= 11 is 0. The van der Waals surface area contributed by atoms with Crippen molar-refractivity contribution in [2.75, 3.05) is 0 Å². The molecule has 1 rings (SSSR count). The van der Waals surface area contributed by atoms with Crippen molar-refractivity contribution in [2.24, 2.45) is 5.92 Å². The summed E-state index contributed by atoms with van der Waals surface area (Å²) in [5.41, 5.74) is -1.30. The third-order valence-electron chi connectivity index (χ3n) is 1.76. The molecule has 62 valence electrons. The molecule has 0 amide bonds. The summed E-state index contributed by atoms with van der Waals surface area (Å²) in [6, 6.07) is 0. The summed E-state index contributed by atoms with van der Waals surface area (Å²) in [6.07, 6.45) is 7.28. The van der Waals surface area contributed by atoms with Gasteiger partial charge < -0.3 is 9.90 Å². The van der Waals surface area contributed by atoms with E-state index in [4.69, 9.17) is 0 Å². The van der Waals surface area contributed by atoms with Gasteiger partial charge in [-0.25, -0.2) is 0 Å². The lowest BCUT2D eigenvalue weighted by Gasteiger charge is -2.24. The number of carbonyl (C=O) groups excluding carboxylic acids is 1. The second-order valence-electron chi connectivity index (χ2n) is 2.61. The maximum Gasteiger partial charge on any atom is 0.157 e. The first-order valence-electron chi connectivity index (χ1n) is 3.70. The average Bonchev–Trinajstić information content (AvgIpc) is 2.05. The van der Waals surface area contributed by atoms with Crippen molar-refractivity contribution in [2.45, 2.75) is 12.5 Å². The molecule has 2 atom stereocenters. The topological polar surface area (TPSA) is 37.3 Å². The summed E-state index contributed by atoms with van der Waals surface area (Å²) in [5, 5.41) is 9.79. The number of hydrogen-bond acceptors (Lipinski definition) is 2. The molecule has 1 N–H and O–H groups in total. The summed E-state index contributed by atoms with van der Waals surface area (Å²) < 4.78 is 0. The molecule has 0 aromatic heterocycles. The molecule has 1 aliphatic carbocycles. The van der Waals surface area contributed by atoms with E-state index in [1.807, 2.05) is 0 Å². The molecule has 0 saturated heterocycles. The molecule has 12 heavy (non-hydrogen) atoms. The molecule has 0 aromatic rings. The third kappa shape index (κ3) is 1.46. The zero-order chi connectivity index (χ0) is 9.03. The molecule has 2 heteroatoms. The number of carbonyl (C=O) groups is 1. The van der Waals surface area contributed by atoms with Crippen molar-refractivity contribution >= 4 is 6.29 Å². The fraction of sp³-hybridized carbons (Fsp3) is 0.300. The number of aliphatic hydroxyl groups is 1. The van der Waals surface area contributed by atoms with Gasteiger partial charge in [0.15, 0.2) is 5.60 Å². The van der Waals surface area contributed by atoms with Gasteiger partial charge in [-0.15, -0.1) is 5.92 Å². The van der Waals surface area contributed by atoms with Gasteiger partial charge in [0.05, 0.1) is 5.92 Å². The predicted molar refractivity (Wildman–Crippen MR) is 46.2 cm³/mol. The highest BCUT2D eigenvalue weighted by Crippen LogP contribution is 2.21. The fourth-order valence-electron chi connectivity index (χ4n) is 1.12. The maximum absolute atomic E-state index is 10.5. The van der Waals surface area contributed by atoms with Crippen LogP contribution in [0.2, 0.25) is 0 Å². The largest absolute Gasteiger partial charge is 0.373 e. The molecular weight excluding hydrogens is 152 g/mol. The van der Waals surface area contributed by atoms with Gasteiger partial charge in [0.1, 0.15) is 6.29 Å². The van der Waals surface area contributed by atoms with Crippen LogP contribution in [-0.4, -0.2) is 17.0 Å². The van der Waals surface area contributed by atoms with Gasteiger partial charge in [0.25, 0.3) is 0 Å². The molecule has 0 saturated carbocycles. The highest BCUT2D eigenvalue weighted by atomic mass is 16.3. The van der Waals surface area contributed by atoms with E-state index in [0.717, 1.165) is 0 Å². The zero-order valence-corrected chi connectivity index (χ0v) is 6.82. The molecule has 1 aliphatic rings. The van der Waals surface area contributed by atoms with Crippen LogP contribution in [0.1, 0.15) is 6.92 Å². The maximum atomic E-state index is 10.5. The summed E-state index contributed by atoms with van der Waals surface area (Å²) in [6.45, 7) is 1.63. The van der Waals surface area contributed by atoms with Gasteiger partial charge in [-0.05, 0) is 13.0 Å². The van der Waals surface area contributed by atoms with E-state index in [2.05, 4.69) is 11.8 Å². The number of aldehydes is 1. The highest BCUT2D eigenvalue weighted by molar-refractivity contribution is 5.63. The Labute approximate surface area is 71.6 Å². The third-order valence-corrected chi connectivity index (χ3v) is 1.76. The quantitative estimate of drug-likeness (QED) is 0.455. The SMILES string of the molecule is CC#C[C@]1(O)C=CC=C[C@H]1C=O. The van der Waals surface area contributed by atoms with Crippen molar-refractivity contribution in [3.63, 3.8) is 0 Å². The van der Waals surface area contributed by atoms with Gasteiger partial charge >= 0.3 is 0 Å². The molecule has 0 unspecified atom stereocenters. The Morgan fingerprint density at radius 2 is 2.33 bits per heavy atom. The van der Waals surface area contributed by atoms with Crippen molar-refractivity contribution in [1.29, 1.82) is 0 Å². The monoisotopic (exact) mass is 162 g/mol.